The van der Waals surface area contributed by atoms with E-state index in [1.54, 1.807) is 7.11 Å². The zero-order valence-electron chi connectivity index (χ0n) is 16.6. The second kappa shape index (κ2) is 7.58. The van der Waals surface area contributed by atoms with Crippen LogP contribution in [0.3, 0.4) is 0 Å². The summed E-state index contributed by atoms with van der Waals surface area (Å²) in [6.07, 6.45) is 3.50. The highest BCUT2D eigenvalue weighted by Crippen LogP contribution is 2.35. The van der Waals surface area contributed by atoms with Gasteiger partial charge in [-0.05, 0) is 37.6 Å². The summed E-state index contributed by atoms with van der Waals surface area (Å²) in [5.74, 6) is 1.68. The van der Waals surface area contributed by atoms with Gasteiger partial charge in [0.1, 0.15) is 17.6 Å². The van der Waals surface area contributed by atoms with Crippen molar-refractivity contribution in [3.63, 3.8) is 0 Å². The fourth-order valence-corrected chi connectivity index (χ4v) is 3.96. The predicted octanol–water partition coefficient (Wildman–Crippen LogP) is 3.85. The molecule has 0 radical (unpaired) electrons. The molecule has 1 amide bonds. The predicted molar refractivity (Wildman–Crippen MR) is 110 cm³/mol. The smallest absolute Gasteiger partial charge is 0.224 e. The van der Waals surface area contributed by atoms with Crippen molar-refractivity contribution in [2.24, 2.45) is 0 Å². The molecule has 0 saturated heterocycles. The van der Waals surface area contributed by atoms with Gasteiger partial charge in [0.15, 0.2) is 0 Å². The number of nitrogens with zero attached hydrogens (tertiary/aromatic N) is 1. The summed E-state index contributed by atoms with van der Waals surface area (Å²) in [5.41, 5.74) is 4.30. The van der Waals surface area contributed by atoms with Crippen molar-refractivity contribution in [2.45, 2.75) is 45.9 Å². The first-order valence-corrected chi connectivity index (χ1v) is 9.79. The fourth-order valence-electron chi connectivity index (χ4n) is 3.96. The molecule has 0 aliphatic carbocycles. The Morgan fingerprint density at radius 1 is 1.29 bits per heavy atom. The van der Waals surface area contributed by atoms with Crippen molar-refractivity contribution >= 4 is 16.8 Å². The number of methoxy groups -OCH3 is 1. The first-order chi connectivity index (χ1) is 13.6. The molecule has 3 aromatic rings. The number of aromatic nitrogens is 1. The van der Waals surface area contributed by atoms with E-state index >= 15 is 0 Å². The third kappa shape index (κ3) is 3.44. The van der Waals surface area contributed by atoms with E-state index in [0.29, 0.717) is 13.0 Å². The number of hydrogen-bond donors (Lipinski definition) is 1. The minimum atomic E-state index is -0.00385. The fraction of sp³-hybridized carbons (Fsp3) is 0.348. The lowest BCUT2D eigenvalue weighted by atomic mass is 10.1. The topological polar surface area (TPSA) is 52.5 Å². The molecule has 146 valence electrons. The molecular formula is C23H26N2O3. The van der Waals surface area contributed by atoms with Crippen LogP contribution in [0.4, 0.5) is 0 Å². The number of rotatable bonds is 6. The first kappa shape index (κ1) is 18.4. The van der Waals surface area contributed by atoms with Gasteiger partial charge in [0.05, 0.1) is 13.5 Å². The lowest BCUT2D eigenvalue weighted by Crippen LogP contribution is -2.24. The van der Waals surface area contributed by atoms with Crippen molar-refractivity contribution in [2.75, 3.05) is 7.11 Å². The SMILES string of the molecule is CCn1cc(CC(=O)NCc2cc3c(cc2OC)CC(C)O3)c2ccccc21. The Kier molecular flexibility index (Phi) is 4.99. The minimum Gasteiger partial charge on any atom is -0.496 e. The molecule has 1 N–H and O–H groups in total. The molecule has 0 bridgehead atoms. The molecular weight excluding hydrogens is 352 g/mol. The van der Waals surface area contributed by atoms with E-state index in [9.17, 15) is 4.79 Å². The van der Waals surface area contributed by atoms with Crippen LogP contribution in [0.5, 0.6) is 11.5 Å². The van der Waals surface area contributed by atoms with E-state index in [2.05, 4.69) is 42.1 Å². The average molecular weight is 378 g/mol. The molecule has 5 nitrogen and oxygen atoms in total. The molecule has 5 heteroatoms. The van der Waals surface area contributed by atoms with Gasteiger partial charge in [0.2, 0.25) is 5.91 Å². The van der Waals surface area contributed by atoms with Gasteiger partial charge in [-0.2, -0.15) is 0 Å². The number of carbonyl (C=O) groups excluding carboxylic acids is 1. The summed E-state index contributed by atoms with van der Waals surface area (Å²) in [7, 11) is 1.66. The number of hydrogen-bond acceptors (Lipinski definition) is 3. The summed E-state index contributed by atoms with van der Waals surface area (Å²) in [5, 5.41) is 4.17. The third-order valence-corrected chi connectivity index (χ3v) is 5.34. The van der Waals surface area contributed by atoms with Crippen LogP contribution in [0.2, 0.25) is 0 Å². The van der Waals surface area contributed by atoms with Gasteiger partial charge in [-0.3, -0.25) is 4.79 Å². The average Bonchev–Trinajstić information content (AvgIpc) is 3.24. The molecule has 1 aliphatic heterocycles. The summed E-state index contributed by atoms with van der Waals surface area (Å²) in [6, 6.07) is 12.2. The lowest BCUT2D eigenvalue weighted by Gasteiger charge is -2.12. The van der Waals surface area contributed by atoms with Crippen LogP contribution >= 0.6 is 0 Å². The maximum atomic E-state index is 12.6. The van der Waals surface area contributed by atoms with Crippen molar-refractivity contribution in [3.05, 3.63) is 59.3 Å². The highest BCUT2D eigenvalue weighted by atomic mass is 16.5. The summed E-state index contributed by atoms with van der Waals surface area (Å²) in [6.45, 7) is 5.46. The van der Waals surface area contributed by atoms with Crippen LogP contribution in [0.25, 0.3) is 10.9 Å². The second-order valence-corrected chi connectivity index (χ2v) is 7.32. The highest BCUT2D eigenvalue weighted by molar-refractivity contribution is 5.89. The number of amides is 1. The minimum absolute atomic E-state index is 0.00385. The molecule has 1 unspecified atom stereocenters. The van der Waals surface area contributed by atoms with Gasteiger partial charge in [-0.15, -0.1) is 0 Å². The van der Waals surface area contributed by atoms with E-state index in [0.717, 1.165) is 46.5 Å². The van der Waals surface area contributed by atoms with Crippen LogP contribution in [0.15, 0.2) is 42.6 Å². The van der Waals surface area contributed by atoms with E-state index < -0.39 is 0 Å². The third-order valence-electron chi connectivity index (χ3n) is 5.34. The molecule has 4 rings (SSSR count). The number of ether oxygens (including phenoxy) is 2. The normalized spacial score (nSPS) is 15.3. The number of aryl methyl sites for hydroxylation is 1. The summed E-state index contributed by atoms with van der Waals surface area (Å²) < 4.78 is 13.5. The van der Waals surface area contributed by atoms with Crippen molar-refractivity contribution in [1.29, 1.82) is 0 Å². The molecule has 0 spiro atoms. The van der Waals surface area contributed by atoms with Gasteiger partial charge >= 0.3 is 0 Å². The zero-order valence-corrected chi connectivity index (χ0v) is 16.6. The Morgan fingerprint density at radius 2 is 2.11 bits per heavy atom. The molecule has 28 heavy (non-hydrogen) atoms. The molecule has 0 fully saturated rings. The Labute approximate surface area is 165 Å². The second-order valence-electron chi connectivity index (χ2n) is 7.32. The van der Waals surface area contributed by atoms with Gasteiger partial charge in [-0.1, -0.05) is 18.2 Å². The number of carbonyl (C=O) groups is 1. The first-order valence-electron chi connectivity index (χ1n) is 9.79. The van der Waals surface area contributed by atoms with Crippen molar-refractivity contribution < 1.29 is 14.3 Å². The molecule has 1 aromatic heterocycles. The molecule has 1 atom stereocenters. The van der Waals surface area contributed by atoms with Crippen LogP contribution in [0, 0.1) is 0 Å². The quantitative estimate of drug-likeness (QED) is 0.709. The van der Waals surface area contributed by atoms with E-state index in [1.165, 1.54) is 5.52 Å². The van der Waals surface area contributed by atoms with E-state index in [-0.39, 0.29) is 12.0 Å². The molecule has 0 saturated carbocycles. The Hall–Kier alpha value is -2.95. The molecule has 1 aliphatic rings. The van der Waals surface area contributed by atoms with Crippen molar-refractivity contribution in [1.82, 2.24) is 9.88 Å². The summed E-state index contributed by atoms with van der Waals surface area (Å²) in [4.78, 5) is 12.6. The van der Waals surface area contributed by atoms with Gasteiger partial charge in [0.25, 0.3) is 0 Å². The number of nitrogens with one attached hydrogen (secondary N) is 1. The van der Waals surface area contributed by atoms with Gasteiger partial charge < -0.3 is 19.4 Å². The standard InChI is InChI=1S/C23H26N2O3/c1-4-25-14-18(19-7-5-6-8-20(19)25)12-23(26)24-13-17-11-22-16(9-15(2)28-22)10-21(17)27-3/h5-8,10-11,14-15H,4,9,12-13H2,1-3H3,(H,24,26). The van der Waals surface area contributed by atoms with Crippen molar-refractivity contribution in [3.8, 4) is 11.5 Å². The largest absolute Gasteiger partial charge is 0.496 e. The van der Waals surface area contributed by atoms with Crippen LogP contribution < -0.4 is 14.8 Å². The maximum absolute atomic E-state index is 12.6. The molecule has 2 heterocycles. The summed E-state index contributed by atoms with van der Waals surface area (Å²) >= 11 is 0. The number of fused-ring (bicyclic) bond motifs is 2. The lowest BCUT2D eigenvalue weighted by molar-refractivity contribution is -0.120. The van der Waals surface area contributed by atoms with Gasteiger partial charge in [0, 0.05) is 47.7 Å². The Balaban J connectivity index is 1.48. The van der Waals surface area contributed by atoms with Crippen LogP contribution in [0.1, 0.15) is 30.5 Å². The Morgan fingerprint density at radius 3 is 2.89 bits per heavy atom. The Bertz CT molecular complexity index is 1020. The van der Waals surface area contributed by atoms with E-state index in [1.807, 2.05) is 24.3 Å². The number of para-hydroxylation sites is 1. The van der Waals surface area contributed by atoms with Crippen LogP contribution in [-0.2, 0) is 30.7 Å². The highest BCUT2D eigenvalue weighted by Gasteiger charge is 2.22. The molecule has 2 aromatic carbocycles. The van der Waals surface area contributed by atoms with E-state index in [4.69, 9.17) is 9.47 Å². The maximum Gasteiger partial charge on any atom is 0.224 e. The van der Waals surface area contributed by atoms with Gasteiger partial charge in [-0.25, -0.2) is 0 Å². The van der Waals surface area contributed by atoms with Crippen LogP contribution in [-0.4, -0.2) is 23.7 Å². The monoisotopic (exact) mass is 378 g/mol. The zero-order chi connectivity index (χ0) is 19.7. The number of benzene rings is 2.